The van der Waals surface area contributed by atoms with Crippen molar-refractivity contribution in [1.29, 1.82) is 0 Å². The second-order valence-electron chi connectivity index (χ2n) is 4.37. The molecule has 1 fully saturated rings. The highest BCUT2D eigenvalue weighted by molar-refractivity contribution is 6.30. The zero-order chi connectivity index (χ0) is 10.7. The standard InChI is InChI=1S/C13H18ClN/c1-2-3-11-8-15-9-13(11)10-4-6-12(14)7-5-10/h4-7,11,13,15H,2-3,8-9H2,1H3/t11-,13-/m0/s1. The normalized spacial score (nSPS) is 25.7. The molecule has 1 heterocycles. The Morgan fingerprint density at radius 3 is 2.67 bits per heavy atom. The first-order valence-corrected chi connectivity index (χ1v) is 6.15. The van der Waals surface area contributed by atoms with Crippen LogP contribution in [0, 0.1) is 5.92 Å². The van der Waals surface area contributed by atoms with Crippen molar-refractivity contribution in [3.63, 3.8) is 0 Å². The Balaban J connectivity index is 2.11. The van der Waals surface area contributed by atoms with Gasteiger partial charge in [0.25, 0.3) is 0 Å². The summed E-state index contributed by atoms with van der Waals surface area (Å²) in [5.41, 5.74) is 1.43. The van der Waals surface area contributed by atoms with E-state index < -0.39 is 0 Å². The van der Waals surface area contributed by atoms with Crippen molar-refractivity contribution in [3.8, 4) is 0 Å². The van der Waals surface area contributed by atoms with Gasteiger partial charge in [0.15, 0.2) is 0 Å². The lowest BCUT2D eigenvalue weighted by atomic mass is 9.86. The Hall–Kier alpha value is -0.530. The van der Waals surface area contributed by atoms with Gasteiger partial charge < -0.3 is 5.32 Å². The molecule has 2 heteroatoms. The van der Waals surface area contributed by atoms with Crippen LogP contribution in [0.3, 0.4) is 0 Å². The van der Waals surface area contributed by atoms with Crippen LogP contribution in [-0.2, 0) is 0 Å². The quantitative estimate of drug-likeness (QED) is 0.828. The fourth-order valence-corrected chi connectivity index (χ4v) is 2.63. The van der Waals surface area contributed by atoms with Gasteiger partial charge in [-0.15, -0.1) is 0 Å². The van der Waals surface area contributed by atoms with E-state index in [1.807, 2.05) is 12.1 Å². The van der Waals surface area contributed by atoms with Crippen LogP contribution in [0.2, 0.25) is 5.02 Å². The van der Waals surface area contributed by atoms with E-state index in [0.29, 0.717) is 5.92 Å². The first-order chi connectivity index (χ1) is 7.31. The molecule has 0 bridgehead atoms. The molecule has 2 rings (SSSR count). The minimum Gasteiger partial charge on any atom is -0.316 e. The second-order valence-corrected chi connectivity index (χ2v) is 4.80. The number of hydrogen-bond donors (Lipinski definition) is 1. The molecule has 15 heavy (non-hydrogen) atoms. The van der Waals surface area contributed by atoms with Crippen LogP contribution in [0.15, 0.2) is 24.3 Å². The molecule has 1 aliphatic heterocycles. The Labute approximate surface area is 96.8 Å². The fourth-order valence-electron chi connectivity index (χ4n) is 2.51. The molecular weight excluding hydrogens is 206 g/mol. The van der Waals surface area contributed by atoms with Crippen molar-refractivity contribution in [1.82, 2.24) is 5.32 Å². The third-order valence-electron chi connectivity index (χ3n) is 3.30. The largest absolute Gasteiger partial charge is 0.316 e. The number of halogens is 1. The molecule has 0 spiro atoms. The van der Waals surface area contributed by atoms with Crippen LogP contribution < -0.4 is 5.32 Å². The van der Waals surface area contributed by atoms with Gasteiger partial charge >= 0.3 is 0 Å². The molecule has 0 radical (unpaired) electrons. The molecule has 0 aromatic heterocycles. The maximum Gasteiger partial charge on any atom is 0.0406 e. The topological polar surface area (TPSA) is 12.0 Å². The molecule has 0 amide bonds. The molecule has 1 saturated heterocycles. The number of benzene rings is 1. The molecule has 1 aliphatic rings. The van der Waals surface area contributed by atoms with Gasteiger partial charge in [-0.25, -0.2) is 0 Å². The second kappa shape index (κ2) is 5.00. The van der Waals surface area contributed by atoms with Crippen LogP contribution in [0.5, 0.6) is 0 Å². The van der Waals surface area contributed by atoms with Gasteiger partial charge in [0.05, 0.1) is 0 Å². The van der Waals surface area contributed by atoms with Crippen LogP contribution >= 0.6 is 11.6 Å². The van der Waals surface area contributed by atoms with E-state index in [2.05, 4.69) is 24.4 Å². The van der Waals surface area contributed by atoms with E-state index in [1.54, 1.807) is 0 Å². The van der Waals surface area contributed by atoms with Crippen molar-refractivity contribution >= 4 is 11.6 Å². The molecule has 82 valence electrons. The van der Waals surface area contributed by atoms with Crippen LogP contribution in [0.4, 0.5) is 0 Å². The minimum absolute atomic E-state index is 0.683. The summed E-state index contributed by atoms with van der Waals surface area (Å²) in [7, 11) is 0. The highest BCUT2D eigenvalue weighted by Crippen LogP contribution is 2.31. The van der Waals surface area contributed by atoms with E-state index in [9.17, 15) is 0 Å². The smallest absolute Gasteiger partial charge is 0.0406 e. The maximum absolute atomic E-state index is 5.90. The van der Waals surface area contributed by atoms with Crippen molar-refractivity contribution in [2.75, 3.05) is 13.1 Å². The molecule has 0 saturated carbocycles. The predicted octanol–water partition coefficient (Wildman–Crippen LogP) is 3.44. The SMILES string of the molecule is CCC[C@H]1CNC[C@H]1c1ccc(Cl)cc1. The van der Waals surface area contributed by atoms with Crippen LogP contribution in [0.1, 0.15) is 31.2 Å². The third-order valence-corrected chi connectivity index (χ3v) is 3.55. The van der Waals surface area contributed by atoms with E-state index in [1.165, 1.54) is 24.9 Å². The lowest BCUT2D eigenvalue weighted by molar-refractivity contribution is 0.474. The summed E-state index contributed by atoms with van der Waals surface area (Å²) in [5, 5.41) is 4.32. The monoisotopic (exact) mass is 223 g/mol. The number of nitrogens with one attached hydrogen (secondary N) is 1. The number of hydrogen-bond acceptors (Lipinski definition) is 1. The van der Waals surface area contributed by atoms with Gasteiger partial charge in [0.1, 0.15) is 0 Å². The summed E-state index contributed by atoms with van der Waals surface area (Å²) < 4.78 is 0. The van der Waals surface area contributed by atoms with E-state index in [-0.39, 0.29) is 0 Å². The zero-order valence-electron chi connectivity index (χ0n) is 9.17. The summed E-state index contributed by atoms with van der Waals surface area (Å²) in [6.45, 7) is 4.55. The third kappa shape index (κ3) is 2.53. The summed E-state index contributed by atoms with van der Waals surface area (Å²) >= 11 is 5.90. The summed E-state index contributed by atoms with van der Waals surface area (Å²) in [6.07, 6.45) is 2.59. The average molecular weight is 224 g/mol. The summed E-state index contributed by atoms with van der Waals surface area (Å²) in [4.78, 5) is 0. The van der Waals surface area contributed by atoms with Crippen LogP contribution in [0.25, 0.3) is 0 Å². The summed E-state index contributed by atoms with van der Waals surface area (Å²) in [5.74, 6) is 1.48. The molecular formula is C13H18ClN. The first-order valence-electron chi connectivity index (χ1n) is 5.77. The van der Waals surface area contributed by atoms with Crippen molar-refractivity contribution in [2.24, 2.45) is 5.92 Å². The van der Waals surface area contributed by atoms with Gasteiger partial charge in [0.2, 0.25) is 0 Å². The highest BCUT2D eigenvalue weighted by Gasteiger charge is 2.27. The Morgan fingerprint density at radius 1 is 1.27 bits per heavy atom. The molecule has 2 atom stereocenters. The Kier molecular flexibility index (Phi) is 3.66. The number of rotatable bonds is 3. The van der Waals surface area contributed by atoms with Gasteiger partial charge in [-0.05, 0) is 36.6 Å². The maximum atomic E-state index is 5.90. The van der Waals surface area contributed by atoms with E-state index >= 15 is 0 Å². The fraction of sp³-hybridized carbons (Fsp3) is 0.538. The predicted molar refractivity (Wildman–Crippen MR) is 65.5 cm³/mol. The first kappa shape index (κ1) is 11.0. The van der Waals surface area contributed by atoms with E-state index in [4.69, 9.17) is 11.6 Å². The summed E-state index contributed by atoms with van der Waals surface area (Å²) in [6, 6.07) is 8.34. The van der Waals surface area contributed by atoms with Crippen LogP contribution in [-0.4, -0.2) is 13.1 Å². The van der Waals surface area contributed by atoms with Gasteiger partial charge in [-0.1, -0.05) is 37.1 Å². The Bertz CT molecular complexity index is 307. The molecule has 1 N–H and O–H groups in total. The van der Waals surface area contributed by atoms with Gasteiger partial charge in [-0.2, -0.15) is 0 Å². The molecule has 1 aromatic rings. The molecule has 1 nitrogen and oxygen atoms in total. The molecule has 0 unspecified atom stereocenters. The molecule has 0 aliphatic carbocycles. The zero-order valence-corrected chi connectivity index (χ0v) is 9.93. The van der Waals surface area contributed by atoms with Crippen molar-refractivity contribution in [2.45, 2.75) is 25.7 Å². The van der Waals surface area contributed by atoms with Gasteiger partial charge in [-0.3, -0.25) is 0 Å². The van der Waals surface area contributed by atoms with Gasteiger partial charge in [0, 0.05) is 17.5 Å². The lowest BCUT2D eigenvalue weighted by Gasteiger charge is -2.18. The Morgan fingerprint density at radius 2 is 2.00 bits per heavy atom. The van der Waals surface area contributed by atoms with E-state index in [0.717, 1.165) is 17.5 Å². The van der Waals surface area contributed by atoms with Crippen molar-refractivity contribution < 1.29 is 0 Å². The average Bonchev–Trinajstić information content (AvgIpc) is 2.68. The van der Waals surface area contributed by atoms with Crippen molar-refractivity contribution in [3.05, 3.63) is 34.9 Å². The lowest BCUT2D eigenvalue weighted by Crippen LogP contribution is -2.10. The minimum atomic E-state index is 0.683. The molecule has 1 aromatic carbocycles. The highest BCUT2D eigenvalue weighted by atomic mass is 35.5.